The van der Waals surface area contributed by atoms with Gasteiger partial charge < -0.3 is 10.0 Å². The molecule has 2 fully saturated rings. The van der Waals surface area contributed by atoms with E-state index in [9.17, 15) is 9.18 Å². The first kappa shape index (κ1) is 13.2. The Morgan fingerprint density at radius 2 is 2.14 bits per heavy atom. The second kappa shape index (κ2) is 4.75. The molecule has 2 aromatic heterocycles. The van der Waals surface area contributed by atoms with E-state index in [0.717, 1.165) is 24.9 Å². The number of fused-ring (bicyclic) bond motifs is 1. The Hall–Kier alpha value is -2.51. The number of nitrogens with zero attached hydrogens (tertiary/aromatic N) is 5. The average molecular weight is 303 g/mol. The summed E-state index contributed by atoms with van der Waals surface area (Å²) in [6.07, 6.45) is 2.55. The van der Waals surface area contributed by atoms with Crippen molar-refractivity contribution in [2.45, 2.75) is 13.0 Å². The number of carbonyl (C=O) groups is 1. The number of aromatic nitrogens is 4. The predicted octanol–water partition coefficient (Wildman–Crippen LogP) is 1.01. The topological polar surface area (TPSA) is 84.1 Å². The van der Waals surface area contributed by atoms with Crippen LogP contribution in [0.5, 0.6) is 0 Å². The summed E-state index contributed by atoms with van der Waals surface area (Å²) in [6.45, 7) is 2.02. The lowest BCUT2D eigenvalue weighted by molar-refractivity contribution is 0.0690. The van der Waals surface area contributed by atoms with Crippen molar-refractivity contribution in [1.82, 2.24) is 20.0 Å². The van der Waals surface area contributed by atoms with Crippen molar-refractivity contribution in [3.63, 3.8) is 0 Å². The Labute approximate surface area is 125 Å². The molecule has 4 rings (SSSR count). The molecule has 1 aliphatic carbocycles. The van der Waals surface area contributed by atoms with Crippen molar-refractivity contribution in [2.75, 3.05) is 18.0 Å². The fraction of sp³-hybridized carbons (Fsp3) is 0.429. The summed E-state index contributed by atoms with van der Waals surface area (Å²) in [4.78, 5) is 16.9. The lowest BCUT2D eigenvalue weighted by Gasteiger charge is -2.19. The van der Waals surface area contributed by atoms with Crippen LogP contribution in [0.3, 0.4) is 0 Å². The van der Waals surface area contributed by atoms with Crippen molar-refractivity contribution in [3.05, 3.63) is 35.5 Å². The van der Waals surface area contributed by atoms with Gasteiger partial charge in [0.05, 0.1) is 12.7 Å². The third-order valence-electron chi connectivity index (χ3n) is 4.30. The summed E-state index contributed by atoms with van der Waals surface area (Å²) in [5, 5.41) is 16.0. The molecule has 1 N–H and O–H groups in total. The molecule has 1 aliphatic heterocycles. The molecule has 7 nitrogen and oxygen atoms in total. The number of rotatable bonds is 4. The normalized spacial score (nSPS) is 22.7. The zero-order valence-corrected chi connectivity index (χ0v) is 11.7. The summed E-state index contributed by atoms with van der Waals surface area (Å²) in [5.74, 6) is 0.472. The van der Waals surface area contributed by atoms with E-state index in [0.29, 0.717) is 11.4 Å². The van der Waals surface area contributed by atoms with E-state index < -0.39 is 11.9 Å². The highest BCUT2D eigenvalue weighted by molar-refractivity contribution is 5.84. The van der Waals surface area contributed by atoms with Crippen molar-refractivity contribution in [1.29, 1.82) is 0 Å². The second-order valence-corrected chi connectivity index (χ2v) is 5.89. The van der Waals surface area contributed by atoms with E-state index in [2.05, 4.69) is 20.2 Å². The van der Waals surface area contributed by atoms with E-state index in [-0.39, 0.29) is 12.2 Å². The molecule has 1 saturated carbocycles. The maximum absolute atomic E-state index is 14.1. The molecule has 8 heteroatoms. The van der Waals surface area contributed by atoms with E-state index in [4.69, 9.17) is 5.11 Å². The molecule has 0 aromatic carbocycles. The van der Waals surface area contributed by atoms with Crippen molar-refractivity contribution >= 4 is 11.8 Å². The van der Waals surface area contributed by atoms with Gasteiger partial charge in [-0.3, -0.25) is 0 Å². The molecule has 2 aromatic rings. The molecule has 0 bridgehead atoms. The molecule has 2 aliphatic rings. The number of pyridine rings is 1. The maximum atomic E-state index is 14.1. The van der Waals surface area contributed by atoms with E-state index in [1.54, 1.807) is 12.1 Å². The number of halogens is 1. The van der Waals surface area contributed by atoms with Gasteiger partial charge >= 0.3 is 5.97 Å². The van der Waals surface area contributed by atoms with E-state index in [1.807, 2.05) is 0 Å². The smallest absolute Gasteiger partial charge is 0.358 e. The van der Waals surface area contributed by atoms with Crippen LogP contribution in [-0.4, -0.2) is 44.1 Å². The standard InChI is InChI=1S/C14H14FN5O2/c15-13-8(6-20-7-11(14(21)22)17-18-20)1-2-12(16-13)19-4-9-3-10(9)5-19/h1-2,7,9-10H,3-6H2,(H,21,22). The molecule has 3 heterocycles. The highest BCUT2D eigenvalue weighted by Gasteiger charge is 2.45. The van der Waals surface area contributed by atoms with Crippen LogP contribution in [0.2, 0.25) is 0 Å². The van der Waals surface area contributed by atoms with Gasteiger partial charge in [0.1, 0.15) is 5.82 Å². The van der Waals surface area contributed by atoms with Gasteiger partial charge in [-0.1, -0.05) is 5.21 Å². The SMILES string of the molecule is O=C(O)c1cn(Cc2ccc(N3CC4CC4C3)nc2F)nn1. The van der Waals surface area contributed by atoms with E-state index in [1.165, 1.54) is 17.3 Å². The fourth-order valence-corrected chi connectivity index (χ4v) is 2.98. The highest BCUT2D eigenvalue weighted by atomic mass is 19.1. The minimum Gasteiger partial charge on any atom is -0.476 e. The lowest BCUT2D eigenvalue weighted by Crippen LogP contribution is -2.23. The van der Waals surface area contributed by atoms with Crippen LogP contribution in [0.25, 0.3) is 0 Å². The number of anilines is 1. The van der Waals surface area contributed by atoms with Gasteiger partial charge in [-0.05, 0) is 30.4 Å². The summed E-state index contributed by atoms with van der Waals surface area (Å²) in [6, 6.07) is 3.47. The molecule has 1 saturated heterocycles. The van der Waals surface area contributed by atoms with Crippen molar-refractivity contribution < 1.29 is 14.3 Å². The Kier molecular flexibility index (Phi) is 2.85. The van der Waals surface area contributed by atoms with Gasteiger partial charge in [0.25, 0.3) is 0 Å². The molecule has 0 amide bonds. The first-order valence-electron chi connectivity index (χ1n) is 7.14. The number of aromatic carboxylic acids is 1. The van der Waals surface area contributed by atoms with Crippen LogP contribution in [0.4, 0.5) is 10.2 Å². The van der Waals surface area contributed by atoms with Gasteiger partial charge in [0, 0.05) is 18.7 Å². The first-order chi connectivity index (χ1) is 10.6. The zero-order valence-electron chi connectivity index (χ0n) is 11.7. The molecule has 114 valence electrons. The minimum absolute atomic E-state index is 0.102. The Morgan fingerprint density at radius 1 is 1.36 bits per heavy atom. The van der Waals surface area contributed by atoms with E-state index >= 15 is 0 Å². The summed E-state index contributed by atoms with van der Waals surface area (Å²) in [7, 11) is 0. The van der Waals surface area contributed by atoms with Crippen molar-refractivity contribution in [3.8, 4) is 0 Å². The van der Waals surface area contributed by atoms with Gasteiger partial charge in [0.2, 0.25) is 5.95 Å². The van der Waals surface area contributed by atoms with Crippen molar-refractivity contribution in [2.24, 2.45) is 11.8 Å². The predicted molar refractivity (Wildman–Crippen MR) is 74.1 cm³/mol. The monoisotopic (exact) mass is 303 g/mol. The summed E-state index contributed by atoms with van der Waals surface area (Å²) < 4.78 is 15.4. The van der Waals surface area contributed by atoms with Crippen LogP contribution in [0, 0.1) is 17.8 Å². The number of carboxylic acids is 1. The van der Waals surface area contributed by atoms with Crippen LogP contribution >= 0.6 is 0 Å². The fourth-order valence-electron chi connectivity index (χ4n) is 2.98. The maximum Gasteiger partial charge on any atom is 0.358 e. The summed E-state index contributed by atoms with van der Waals surface area (Å²) in [5.41, 5.74) is 0.191. The number of piperidine rings is 1. The van der Waals surface area contributed by atoms with Crippen LogP contribution in [-0.2, 0) is 6.54 Å². The Balaban J connectivity index is 1.50. The largest absolute Gasteiger partial charge is 0.476 e. The molecular weight excluding hydrogens is 289 g/mol. The molecule has 2 atom stereocenters. The molecular formula is C14H14FN5O2. The highest BCUT2D eigenvalue weighted by Crippen LogP contribution is 2.45. The Bertz CT molecular complexity index is 737. The number of hydrogen-bond acceptors (Lipinski definition) is 5. The van der Waals surface area contributed by atoms with Gasteiger partial charge in [-0.15, -0.1) is 5.10 Å². The quantitative estimate of drug-likeness (QED) is 0.849. The van der Waals surface area contributed by atoms with Gasteiger partial charge in [0.15, 0.2) is 5.69 Å². The third kappa shape index (κ3) is 2.30. The second-order valence-electron chi connectivity index (χ2n) is 5.89. The number of hydrogen-bond donors (Lipinski definition) is 1. The molecule has 0 spiro atoms. The average Bonchev–Trinajstić information content (AvgIpc) is 2.89. The third-order valence-corrected chi connectivity index (χ3v) is 4.30. The first-order valence-corrected chi connectivity index (χ1v) is 7.14. The molecule has 22 heavy (non-hydrogen) atoms. The number of carboxylic acid groups (broad SMARTS) is 1. The summed E-state index contributed by atoms with van der Waals surface area (Å²) >= 11 is 0. The van der Waals surface area contributed by atoms with Crippen LogP contribution in [0.15, 0.2) is 18.3 Å². The van der Waals surface area contributed by atoms with Crippen LogP contribution < -0.4 is 4.90 Å². The van der Waals surface area contributed by atoms with Crippen LogP contribution in [0.1, 0.15) is 22.5 Å². The van der Waals surface area contributed by atoms with Gasteiger partial charge in [-0.2, -0.15) is 4.39 Å². The minimum atomic E-state index is -1.16. The Morgan fingerprint density at radius 3 is 2.77 bits per heavy atom. The van der Waals surface area contributed by atoms with Gasteiger partial charge in [-0.25, -0.2) is 14.5 Å². The molecule has 2 unspecified atom stereocenters. The zero-order chi connectivity index (χ0) is 15.3. The molecule has 0 radical (unpaired) electrons. The lowest BCUT2D eigenvalue weighted by atomic mass is 10.2.